The minimum Gasteiger partial charge on any atom is -0.497 e. The van der Waals surface area contributed by atoms with E-state index in [1.54, 1.807) is 0 Å². The summed E-state index contributed by atoms with van der Waals surface area (Å²) in [6.45, 7) is -0.123. The maximum Gasteiger partial charge on any atom is 0.264 e. The van der Waals surface area contributed by atoms with Crippen molar-refractivity contribution in [2.75, 3.05) is 7.11 Å². The minimum atomic E-state index is -4.17. The van der Waals surface area contributed by atoms with Gasteiger partial charge in [0.05, 0.1) is 12.0 Å². The average molecular weight is 461 g/mol. The number of carbonyl (C=O) groups excluding carboxylic acids is 1. The monoisotopic (exact) mass is 460 g/mol. The number of amides is 1. The van der Waals surface area contributed by atoms with Gasteiger partial charge in [-0.1, -0.05) is 30.3 Å². The number of methoxy groups -OCH3 is 1. The van der Waals surface area contributed by atoms with Crippen LogP contribution in [0.3, 0.4) is 0 Å². The molecule has 0 spiro atoms. The number of rotatable bonds is 5. The predicted molar refractivity (Wildman–Crippen MR) is 114 cm³/mol. The van der Waals surface area contributed by atoms with Gasteiger partial charge in [-0.3, -0.25) is 10.0 Å². The fourth-order valence-corrected chi connectivity index (χ4v) is 6.35. The molecule has 2 heterocycles. The van der Waals surface area contributed by atoms with Crippen LogP contribution in [-0.2, 0) is 21.4 Å². The number of hydrogen-bond donors (Lipinski definition) is 3. The van der Waals surface area contributed by atoms with Crippen LogP contribution in [0.4, 0.5) is 0 Å². The van der Waals surface area contributed by atoms with Crippen LogP contribution >= 0.6 is 11.3 Å². The van der Waals surface area contributed by atoms with Crippen LogP contribution in [0.15, 0.2) is 65.6 Å². The first-order chi connectivity index (χ1) is 14.9. The van der Waals surface area contributed by atoms with E-state index in [0.717, 1.165) is 14.7 Å². The van der Waals surface area contributed by atoms with Crippen LogP contribution in [-0.4, -0.2) is 42.1 Å². The molecule has 162 valence electrons. The molecule has 0 fully saturated rings. The Morgan fingerprint density at radius 2 is 1.84 bits per heavy atom. The largest absolute Gasteiger partial charge is 0.497 e. The van der Waals surface area contributed by atoms with E-state index in [4.69, 9.17) is 4.74 Å². The first-order valence-corrected chi connectivity index (χ1v) is 11.6. The highest BCUT2D eigenvalue weighted by atomic mass is 32.2. The number of nitrogens with zero attached hydrogens (tertiary/aromatic N) is 1. The lowest BCUT2D eigenvalue weighted by Gasteiger charge is -2.36. The smallest absolute Gasteiger partial charge is 0.264 e. The van der Waals surface area contributed by atoms with E-state index in [1.807, 2.05) is 36.4 Å². The summed E-state index contributed by atoms with van der Waals surface area (Å²) in [7, 11) is -2.71. The summed E-state index contributed by atoms with van der Waals surface area (Å²) in [5.41, 5.74) is 3.01. The quantitative estimate of drug-likeness (QED) is 0.398. The molecule has 1 aliphatic heterocycles. The van der Waals surface area contributed by atoms with Crippen molar-refractivity contribution in [3.8, 4) is 16.2 Å². The number of fused-ring (bicyclic) bond motifs is 1. The molecule has 3 N–H and O–H groups in total. The molecule has 2 atom stereocenters. The first-order valence-electron chi connectivity index (χ1n) is 9.32. The Hall–Kier alpha value is -2.76. The molecule has 0 unspecified atom stereocenters. The topological polar surface area (TPSA) is 116 Å². The standard InChI is InChI=1S/C21H20N2O6S2/c1-29-15-7-9-16(10-8-15)31(27,28)23-12-14-11-17(13-5-3-2-4-6-13)30-20(14)19(24)18(23)21(25)22-26/h2-11,18-19,24,26H,12H2,1H3,(H,22,25)/t18-,19-/m1/s1. The van der Waals surface area contributed by atoms with Gasteiger partial charge in [0.2, 0.25) is 10.0 Å². The Kier molecular flexibility index (Phi) is 5.82. The van der Waals surface area contributed by atoms with Crippen LogP contribution in [0, 0.1) is 0 Å². The van der Waals surface area contributed by atoms with E-state index in [2.05, 4.69) is 0 Å². The fraction of sp³-hybridized carbons (Fsp3) is 0.190. The molecule has 1 aromatic heterocycles. The molecule has 0 aliphatic carbocycles. The second-order valence-electron chi connectivity index (χ2n) is 6.96. The molecule has 2 aromatic carbocycles. The molecule has 3 aromatic rings. The van der Waals surface area contributed by atoms with Crippen molar-refractivity contribution in [3.05, 3.63) is 71.1 Å². The van der Waals surface area contributed by atoms with Gasteiger partial charge in [-0.15, -0.1) is 11.3 Å². The Balaban J connectivity index is 1.78. The maximum absolute atomic E-state index is 13.4. The lowest BCUT2D eigenvalue weighted by molar-refractivity contribution is -0.137. The van der Waals surface area contributed by atoms with Crippen LogP contribution in [0.25, 0.3) is 10.4 Å². The molecular formula is C21H20N2O6S2. The Labute approximate surface area is 183 Å². The highest BCUT2D eigenvalue weighted by Crippen LogP contribution is 2.43. The summed E-state index contributed by atoms with van der Waals surface area (Å²) in [4.78, 5) is 13.7. The number of aliphatic hydroxyl groups excluding tert-OH is 1. The zero-order valence-corrected chi connectivity index (χ0v) is 18.1. The maximum atomic E-state index is 13.4. The summed E-state index contributed by atoms with van der Waals surface area (Å²) in [6.07, 6.45) is -1.44. The van der Waals surface area contributed by atoms with Gasteiger partial charge in [-0.05, 0) is 41.5 Å². The summed E-state index contributed by atoms with van der Waals surface area (Å²) in [6, 6.07) is 15.5. The van der Waals surface area contributed by atoms with Crippen LogP contribution in [0.5, 0.6) is 5.75 Å². The molecule has 1 amide bonds. The third-order valence-electron chi connectivity index (χ3n) is 5.15. The lowest BCUT2D eigenvalue weighted by atomic mass is 10.00. The third-order valence-corrected chi connectivity index (χ3v) is 8.29. The Bertz CT molecular complexity index is 1190. The molecular weight excluding hydrogens is 440 g/mol. The highest BCUT2D eigenvalue weighted by Gasteiger charge is 2.46. The lowest BCUT2D eigenvalue weighted by Crippen LogP contribution is -2.53. The molecule has 0 bridgehead atoms. The number of aliphatic hydroxyl groups is 1. The van der Waals surface area contributed by atoms with Gasteiger partial charge in [-0.2, -0.15) is 4.31 Å². The van der Waals surface area contributed by atoms with Crippen molar-refractivity contribution >= 4 is 27.3 Å². The fourth-order valence-electron chi connectivity index (χ4n) is 3.59. The van der Waals surface area contributed by atoms with Crippen molar-refractivity contribution in [3.63, 3.8) is 0 Å². The van der Waals surface area contributed by atoms with Crippen molar-refractivity contribution in [1.29, 1.82) is 0 Å². The highest BCUT2D eigenvalue weighted by molar-refractivity contribution is 7.89. The molecule has 0 saturated carbocycles. The van der Waals surface area contributed by atoms with Crippen molar-refractivity contribution in [2.45, 2.75) is 23.6 Å². The molecule has 0 radical (unpaired) electrons. The van der Waals surface area contributed by atoms with E-state index < -0.39 is 28.1 Å². The minimum absolute atomic E-state index is 0.0572. The van der Waals surface area contributed by atoms with Gasteiger partial charge in [0.25, 0.3) is 5.91 Å². The first kappa shape index (κ1) is 21.5. The van der Waals surface area contributed by atoms with E-state index in [-0.39, 0.29) is 11.4 Å². The van der Waals surface area contributed by atoms with Crippen LogP contribution in [0.2, 0.25) is 0 Å². The van der Waals surface area contributed by atoms with Crippen molar-refractivity contribution in [1.82, 2.24) is 9.79 Å². The normalized spacial score (nSPS) is 18.9. The summed E-state index contributed by atoms with van der Waals surface area (Å²) in [5.74, 6) is -0.528. The number of hydroxylamine groups is 1. The van der Waals surface area contributed by atoms with Crippen molar-refractivity contribution < 1.29 is 28.3 Å². The molecule has 1 aliphatic rings. The molecule has 4 rings (SSSR count). The van der Waals surface area contributed by atoms with E-state index in [1.165, 1.54) is 48.2 Å². The zero-order valence-electron chi connectivity index (χ0n) is 16.4. The molecule has 8 nitrogen and oxygen atoms in total. The third kappa shape index (κ3) is 3.84. The zero-order chi connectivity index (χ0) is 22.2. The average Bonchev–Trinajstić information content (AvgIpc) is 3.24. The summed E-state index contributed by atoms with van der Waals surface area (Å²) < 4.78 is 32.7. The van der Waals surface area contributed by atoms with E-state index in [0.29, 0.717) is 16.2 Å². The molecule has 10 heteroatoms. The van der Waals surface area contributed by atoms with Crippen LogP contribution < -0.4 is 10.2 Å². The summed E-state index contributed by atoms with van der Waals surface area (Å²) >= 11 is 1.29. The van der Waals surface area contributed by atoms with Gasteiger partial charge in [-0.25, -0.2) is 13.9 Å². The number of carbonyl (C=O) groups is 1. The van der Waals surface area contributed by atoms with Crippen molar-refractivity contribution in [2.24, 2.45) is 0 Å². The number of sulfonamides is 1. The number of nitrogens with one attached hydrogen (secondary N) is 1. The predicted octanol–water partition coefficient (Wildman–Crippen LogP) is 2.54. The van der Waals surface area contributed by atoms with Gasteiger partial charge in [0.1, 0.15) is 17.9 Å². The van der Waals surface area contributed by atoms with Gasteiger partial charge < -0.3 is 9.84 Å². The second kappa shape index (κ2) is 8.40. The Morgan fingerprint density at radius 1 is 1.16 bits per heavy atom. The second-order valence-corrected chi connectivity index (χ2v) is 9.93. The van der Waals surface area contributed by atoms with Gasteiger partial charge in [0, 0.05) is 16.3 Å². The number of ether oxygens (including phenoxy) is 1. The number of hydrogen-bond acceptors (Lipinski definition) is 7. The Morgan fingerprint density at radius 3 is 2.45 bits per heavy atom. The van der Waals surface area contributed by atoms with E-state index >= 15 is 0 Å². The van der Waals surface area contributed by atoms with Gasteiger partial charge >= 0.3 is 0 Å². The van der Waals surface area contributed by atoms with Gasteiger partial charge in [0.15, 0.2) is 0 Å². The van der Waals surface area contributed by atoms with Crippen LogP contribution in [0.1, 0.15) is 16.5 Å². The number of thiophene rings is 1. The molecule has 31 heavy (non-hydrogen) atoms. The number of benzene rings is 2. The van der Waals surface area contributed by atoms with E-state index in [9.17, 15) is 23.5 Å². The molecule has 0 saturated heterocycles. The summed E-state index contributed by atoms with van der Waals surface area (Å²) in [5, 5.41) is 20.2. The SMILES string of the molecule is COc1ccc(S(=O)(=O)N2Cc3cc(-c4ccccc4)sc3[C@H](O)[C@@H]2C(=O)NO)cc1.